The fourth-order valence-electron chi connectivity index (χ4n) is 0.944. The minimum atomic E-state index is -0.412. The van der Waals surface area contributed by atoms with Crippen molar-refractivity contribution in [3.63, 3.8) is 0 Å². The van der Waals surface area contributed by atoms with Crippen LogP contribution in [0.2, 0.25) is 0 Å². The Morgan fingerprint density at radius 3 is 2.67 bits per heavy atom. The Hall–Kier alpha value is -1.09. The maximum absolute atomic E-state index is 10.3. The highest BCUT2D eigenvalue weighted by atomic mass is 35.5. The molecular weight excluding hydrogens is 178 g/mol. The van der Waals surface area contributed by atoms with Gasteiger partial charge < -0.3 is 0 Å². The molecule has 0 spiro atoms. The predicted octanol–water partition coefficient (Wildman–Crippen LogP) is 2.64. The summed E-state index contributed by atoms with van der Waals surface area (Å²) in [5, 5.41) is 10.3. The molecule has 1 rings (SSSR count). The Morgan fingerprint density at radius 2 is 2.25 bits per heavy atom. The number of halogens is 1. The van der Waals surface area contributed by atoms with E-state index in [2.05, 4.69) is 0 Å². The second-order valence-corrected chi connectivity index (χ2v) is 2.77. The highest BCUT2D eigenvalue weighted by Crippen LogP contribution is 2.18. The molecule has 0 unspecified atom stereocenters. The number of alkyl halides is 1. The lowest BCUT2D eigenvalue weighted by Crippen LogP contribution is -1.90. The zero-order valence-corrected chi connectivity index (χ0v) is 7.34. The highest BCUT2D eigenvalue weighted by molar-refractivity contribution is 6.17. The number of hydrogen-bond donors (Lipinski definition) is 0. The second kappa shape index (κ2) is 3.54. The molecule has 0 saturated heterocycles. The first-order valence-electron chi connectivity index (χ1n) is 3.45. The molecule has 0 amide bonds. The number of non-ortho nitro benzene ring substituents is 1. The average molecular weight is 186 g/mol. The number of aryl methyl sites for hydroxylation is 1. The summed E-state index contributed by atoms with van der Waals surface area (Å²) >= 11 is 5.59. The summed E-state index contributed by atoms with van der Waals surface area (Å²) in [6, 6.07) is 4.67. The molecule has 1 aromatic rings. The third-order valence-corrected chi connectivity index (χ3v) is 1.97. The normalized spacial score (nSPS) is 9.83. The molecule has 0 radical (unpaired) electrons. The van der Waals surface area contributed by atoms with E-state index < -0.39 is 4.92 Å². The van der Waals surface area contributed by atoms with E-state index in [4.69, 9.17) is 11.6 Å². The maximum atomic E-state index is 10.3. The van der Waals surface area contributed by atoms with Crippen molar-refractivity contribution in [2.75, 3.05) is 0 Å². The van der Waals surface area contributed by atoms with Gasteiger partial charge in [0.2, 0.25) is 0 Å². The lowest BCUT2D eigenvalue weighted by molar-refractivity contribution is -0.384. The molecule has 0 aromatic heterocycles. The van der Waals surface area contributed by atoms with Gasteiger partial charge in [-0.2, -0.15) is 0 Å². The third-order valence-electron chi connectivity index (χ3n) is 1.68. The fourth-order valence-corrected chi connectivity index (χ4v) is 1.24. The monoisotopic (exact) mass is 185 g/mol. The van der Waals surface area contributed by atoms with E-state index in [1.165, 1.54) is 12.1 Å². The second-order valence-electron chi connectivity index (χ2n) is 2.50. The number of nitro benzene ring substituents is 1. The summed E-state index contributed by atoms with van der Waals surface area (Å²) in [6.07, 6.45) is 0. The molecule has 4 heteroatoms. The zero-order chi connectivity index (χ0) is 9.14. The molecule has 1 aromatic carbocycles. The van der Waals surface area contributed by atoms with E-state index in [1.807, 2.05) is 6.92 Å². The van der Waals surface area contributed by atoms with Crippen LogP contribution in [0.3, 0.4) is 0 Å². The summed E-state index contributed by atoms with van der Waals surface area (Å²) in [5.41, 5.74) is 1.91. The van der Waals surface area contributed by atoms with Crippen molar-refractivity contribution in [3.8, 4) is 0 Å². The fraction of sp³-hybridized carbons (Fsp3) is 0.250. The predicted molar refractivity (Wildman–Crippen MR) is 47.4 cm³/mol. The van der Waals surface area contributed by atoms with Crippen LogP contribution in [0, 0.1) is 17.0 Å². The van der Waals surface area contributed by atoms with Crippen LogP contribution < -0.4 is 0 Å². The van der Waals surface area contributed by atoms with Crippen LogP contribution in [0.5, 0.6) is 0 Å². The van der Waals surface area contributed by atoms with Gasteiger partial charge in [-0.15, -0.1) is 11.6 Å². The SMILES string of the molecule is Cc1cc([N+](=O)[O-])ccc1CCl. The standard InChI is InChI=1S/C8H8ClNO2/c1-6-4-8(10(11)12)3-2-7(6)5-9/h2-4H,5H2,1H3. The average Bonchev–Trinajstić information content (AvgIpc) is 2.04. The Morgan fingerprint density at radius 1 is 1.58 bits per heavy atom. The highest BCUT2D eigenvalue weighted by Gasteiger charge is 2.06. The molecule has 0 fully saturated rings. The van der Waals surface area contributed by atoms with Gasteiger partial charge in [0.05, 0.1) is 4.92 Å². The first-order chi connectivity index (χ1) is 5.65. The Balaban J connectivity index is 3.10. The molecule has 0 aliphatic rings. The molecule has 0 heterocycles. The van der Waals surface area contributed by atoms with Gasteiger partial charge >= 0.3 is 0 Å². The molecule has 3 nitrogen and oxygen atoms in total. The van der Waals surface area contributed by atoms with Gasteiger partial charge in [-0.05, 0) is 18.1 Å². The Labute approximate surface area is 75.1 Å². The van der Waals surface area contributed by atoms with Crippen molar-refractivity contribution >= 4 is 17.3 Å². The lowest BCUT2D eigenvalue weighted by atomic mass is 10.1. The molecule has 0 aliphatic heterocycles. The molecule has 12 heavy (non-hydrogen) atoms. The van der Waals surface area contributed by atoms with Crippen LogP contribution in [0.1, 0.15) is 11.1 Å². The van der Waals surface area contributed by atoms with Gasteiger partial charge in [-0.25, -0.2) is 0 Å². The summed E-state index contributed by atoms with van der Waals surface area (Å²) in [7, 11) is 0. The molecule has 0 atom stereocenters. The smallest absolute Gasteiger partial charge is 0.258 e. The maximum Gasteiger partial charge on any atom is 0.269 e. The molecule has 0 N–H and O–H groups in total. The summed E-state index contributed by atoms with van der Waals surface area (Å²) < 4.78 is 0. The number of nitro groups is 1. The Kier molecular flexibility index (Phi) is 2.65. The van der Waals surface area contributed by atoms with Crippen LogP contribution in [-0.2, 0) is 5.88 Å². The van der Waals surface area contributed by atoms with Crippen LogP contribution in [0.25, 0.3) is 0 Å². The minimum absolute atomic E-state index is 0.112. The van der Waals surface area contributed by atoms with Gasteiger partial charge in [0.15, 0.2) is 0 Å². The third kappa shape index (κ3) is 1.74. The molecule has 0 bridgehead atoms. The van der Waals surface area contributed by atoms with Crippen molar-refractivity contribution in [1.82, 2.24) is 0 Å². The van der Waals surface area contributed by atoms with E-state index >= 15 is 0 Å². The zero-order valence-electron chi connectivity index (χ0n) is 6.58. The quantitative estimate of drug-likeness (QED) is 0.404. The van der Waals surface area contributed by atoms with Gasteiger partial charge in [-0.3, -0.25) is 10.1 Å². The number of rotatable bonds is 2. The molecule has 0 saturated carbocycles. The van der Waals surface area contributed by atoms with Gasteiger partial charge in [0, 0.05) is 18.0 Å². The van der Waals surface area contributed by atoms with Crippen molar-refractivity contribution in [2.24, 2.45) is 0 Å². The summed E-state index contributed by atoms with van der Waals surface area (Å²) in [5.74, 6) is 0.393. The van der Waals surface area contributed by atoms with Gasteiger partial charge in [0.25, 0.3) is 5.69 Å². The van der Waals surface area contributed by atoms with E-state index in [1.54, 1.807) is 6.07 Å². The van der Waals surface area contributed by atoms with Gasteiger partial charge in [-0.1, -0.05) is 6.07 Å². The molecular formula is C8H8ClNO2. The van der Waals surface area contributed by atoms with Crippen LogP contribution in [0.4, 0.5) is 5.69 Å². The first kappa shape index (κ1) is 9.00. The van der Waals surface area contributed by atoms with E-state index in [-0.39, 0.29) is 5.69 Å². The first-order valence-corrected chi connectivity index (χ1v) is 3.98. The number of hydrogen-bond acceptors (Lipinski definition) is 2. The number of nitrogens with zero attached hydrogens (tertiary/aromatic N) is 1. The van der Waals surface area contributed by atoms with E-state index in [9.17, 15) is 10.1 Å². The van der Waals surface area contributed by atoms with Crippen molar-refractivity contribution in [2.45, 2.75) is 12.8 Å². The Bertz CT molecular complexity index is 312. The van der Waals surface area contributed by atoms with Crippen LogP contribution in [0.15, 0.2) is 18.2 Å². The summed E-state index contributed by atoms with van der Waals surface area (Å²) in [6.45, 7) is 1.81. The minimum Gasteiger partial charge on any atom is -0.258 e. The topological polar surface area (TPSA) is 43.1 Å². The lowest BCUT2D eigenvalue weighted by Gasteiger charge is -1.99. The van der Waals surface area contributed by atoms with E-state index in [0.717, 1.165) is 11.1 Å². The largest absolute Gasteiger partial charge is 0.269 e. The van der Waals surface area contributed by atoms with Crippen molar-refractivity contribution in [1.29, 1.82) is 0 Å². The van der Waals surface area contributed by atoms with Gasteiger partial charge in [0.1, 0.15) is 0 Å². The summed E-state index contributed by atoms with van der Waals surface area (Å²) in [4.78, 5) is 9.91. The van der Waals surface area contributed by atoms with Crippen LogP contribution in [-0.4, -0.2) is 4.92 Å². The van der Waals surface area contributed by atoms with Crippen LogP contribution >= 0.6 is 11.6 Å². The number of benzene rings is 1. The van der Waals surface area contributed by atoms with Crippen molar-refractivity contribution in [3.05, 3.63) is 39.4 Å². The molecule has 0 aliphatic carbocycles. The van der Waals surface area contributed by atoms with Crippen molar-refractivity contribution < 1.29 is 4.92 Å². The molecule has 64 valence electrons. The van der Waals surface area contributed by atoms with E-state index in [0.29, 0.717) is 5.88 Å².